The van der Waals surface area contributed by atoms with Crippen LogP contribution in [0.25, 0.3) is 0 Å². The van der Waals surface area contributed by atoms with E-state index in [1.165, 1.54) is 33.4 Å². The Labute approximate surface area is 142 Å². The summed E-state index contributed by atoms with van der Waals surface area (Å²) in [4.78, 5) is 0.187. The molecule has 1 N–H and O–H groups in total. The minimum Gasteiger partial charge on any atom is -0.493 e. The normalized spacial score (nSPS) is 12.9. The van der Waals surface area contributed by atoms with E-state index in [2.05, 4.69) is 0 Å². The molecule has 0 amide bonds. The van der Waals surface area contributed by atoms with Crippen molar-refractivity contribution in [2.75, 3.05) is 27.8 Å². The van der Waals surface area contributed by atoms with Crippen molar-refractivity contribution in [3.63, 3.8) is 0 Å². The standard InChI is InChI=1S/C17H21NO5S/c1-18(24(20,21)14-7-5-4-6-8-14)12-15(19)13-9-10-16(22-2)17(11-13)23-3/h4-11,15,19H,12H2,1-3H3. The Morgan fingerprint density at radius 3 is 2.25 bits per heavy atom. The molecule has 0 aliphatic heterocycles. The zero-order valence-corrected chi connectivity index (χ0v) is 14.7. The third-order valence-electron chi connectivity index (χ3n) is 3.67. The maximum Gasteiger partial charge on any atom is 0.242 e. The second kappa shape index (κ2) is 7.65. The lowest BCUT2D eigenvalue weighted by Crippen LogP contribution is -2.31. The number of sulfonamides is 1. The third-order valence-corrected chi connectivity index (χ3v) is 5.51. The third kappa shape index (κ3) is 3.87. The van der Waals surface area contributed by atoms with Crippen molar-refractivity contribution in [1.29, 1.82) is 0 Å². The van der Waals surface area contributed by atoms with Gasteiger partial charge in [0.1, 0.15) is 0 Å². The van der Waals surface area contributed by atoms with Crippen molar-refractivity contribution in [2.45, 2.75) is 11.0 Å². The Morgan fingerprint density at radius 2 is 1.67 bits per heavy atom. The van der Waals surface area contributed by atoms with Crippen LogP contribution in [0, 0.1) is 0 Å². The fourth-order valence-corrected chi connectivity index (χ4v) is 3.48. The van der Waals surface area contributed by atoms with Gasteiger partial charge in [-0.3, -0.25) is 0 Å². The summed E-state index contributed by atoms with van der Waals surface area (Å²) < 4.78 is 36.5. The van der Waals surface area contributed by atoms with Crippen molar-refractivity contribution in [1.82, 2.24) is 4.31 Å². The highest BCUT2D eigenvalue weighted by atomic mass is 32.2. The van der Waals surface area contributed by atoms with E-state index < -0.39 is 16.1 Å². The van der Waals surface area contributed by atoms with Gasteiger partial charge in [-0.1, -0.05) is 24.3 Å². The molecule has 1 atom stereocenters. The van der Waals surface area contributed by atoms with E-state index in [-0.39, 0.29) is 11.4 Å². The highest BCUT2D eigenvalue weighted by Crippen LogP contribution is 2.30. The van der Waals surface area contributed by atoms with E-state index >= 15 is 0 Å². The number of rotatable bonds is 7. The van der Waals surface area contributed by atoms with Crippen molar-refractivity contribution < 1.29 is 23.0 Å². The van der Waals surface area contributed by atoms with E-state index in [4.69, 9.17) is 9.47 Å². The maximum atomic E-state index is 12.5. The van der Waals surface area contributed by atoms with Gasteiger partial charge in [-0.05, 0) is 29.8 Å². The summed E-state index contributed by atoms with van der Waals surface area (Å²) in [5.74, 6) is 1.02. The molecule has 0 aliphatic rings. The van der Waals surface area contributed by atoms with Crippen molar-refractivity contribution in [3.05, 3.63) is 54.1 Å². The number of ether oxygens (including phenoxy) is 2. The summed E-state index contributed by atoms with van der Waals surface area (Å²) in [6.45, 7) is -0.0767. The van der Waals surface area contributed by atoms with Crippen LogP contribution < -0.4 is 9.47 Å². The van der Waals surface area contributed by atoms with Gasteiger partial charge in [0.25, 0.3) is 0 Å². The second-order valence-corrected chi connectivity index (χ2v) is 7.27. The summed E-state index contributed by atoms with van der Waals surface area (Å²) in [6, 6.07) is 13.1. The zero-order valence-electron chi connectivity index (χ0n) is 13.8. The van der Waals surface area contributed by atoms with Crippen LogP contribution in [0.4, 0.5) is 0 Å². The van der Waals surface area contributed by atoms with E-state index in [0.29, 0.717) is 17.1 Å². The number of benzene rings is 2. The summed E-state index contributed by atoms with van der Waals surface area (Å²) in [5.41, 5.74) is 0.544. The SMILES string of the molecule is COc1ccc(C(O)CN(C)S(=O)(=O)c2ccccc2)cc1OC. The van der Waals surface area contributed by atoms with Gasteiger partial charge in [-0.2, -0.15) is 4.31 Å². The molecule has 6 nitrogen and oxygen atoms in total. The Balaban J connectivity index is 2.18. The largest absolute Gasteiger partial charge is 0.493 e. The lowest BCUT2D eigenvalue weighted by molar-refractivity contribution is 0.154. The van der Waals surface area contributed by atoms with Crippen LogP contribution in [0.1, 0.15) is 11.7 Å². The minimum atomic E-state index is -3.65. The molecule has 24 heavy (non-hydrogen) atoms. The van der Waals surface area contributed by atoms with Gasteiger partial charge < -0.3 is 14.6 Å². The van der Waals surface area contributed by atoms with Crippen molar-refractivity contribution in [2.24, 2.45) is 0 Å². The van der Waals surface area contributed by atoms with Crippen molar-refractivity contribution >= 4 is 10.0 Å². The highest BCUT2D eigenvalue weighted by Gasteiger charge is 2.24. The highest BCUT2D eigenvalue weighted by molar-refractivity contribution is 7.89. The van der Waals surface area contributed by atoms with Gasteiger partial charge in [0.15, 0.2) is 11.5 Å². The van der Waals surface area contributed by atoms with E-state index in [0.717, 1.165) is 4.31 Å². The molecule has 0 fully saturated rings. The molecule has 2 rings (SSSR count). The molecule has 0 radical (unpaired) electrons. The molecular formula is C17H21NO5S. The number of nitrogens with zero attached hydrogens (tertiary/aromatic N) is 1. The molecule has 2 aromatic carbocycles. The monoisotopic (exact) mass is 351 g/mol. The van der Waals surface area contributed by atoms with Gasteiger partial charge >= 0.3 is 0 Å². The van der Waals surface area contributed by atoms with Crippen LogP contribution in [-0.4, -0.2) is 45.6 Å². The lowest BCUT2D eigenvalue weighted by Gasteiger charge is -2.21. The molecule has 2 aromatic rings. The first-order chi connectivity index (χ1) is 11.4. The Bertz CT molecular complexity index is 777. The fourth-order valence-electron chi connectivity index (χ4n) is 2.28. The van der Waals surface area contributed by atoms with Gasteiger partial charge in [-0.25, -0.2) is 8.42 Å². The molecule has 0 saturated carbocycles. The molecule has 0 bridgehead atoms. The maximum absolute atomic E-state index is 12.5. The summed E-state index contributed by atoms with van der Waals surface area (Å²) >= 11 is 0. The molecule has 0 spiro atoms. The minimum absolute atomic E-state index is 0.0767. The van der Waals surface area contributed by atoms with Crippen LogP contribution in [0.2, 0.25) is 0 Å². The van der Waals surface area contributed by atoms with Crippen LogP contribution >= 0.6 is 0 Å². The van der Waals surface area contributed by atoms with E-state index in [9.17, 15) is 13.5 Å². The number of aliphatic hydroxyl groups excluding tert-OH is 1. The first kappa shape index (κ1) is 18.3. The second-order valence-electron chi connectivity index (χ2n) is 5.23. The molecule has 0 heterocycles. The van der Waals surface area contributed by atoms with E-state index in [1.54, 1.807) is 36.4 Å². The summed E-state index contributed by atoms with van der Waals surface area (Å²) in [6.07, 6.45) is -0.992. The summed E-state index contributed by atoms with van der Waals surface area (Å²) in [5, 5.41) is 10.4. The molecule has 0 aromatic heterocycles. The van der Waals surface area contributed by atoms with Crippen LogP contribution in [0.3, 0.4) is 0 Å². The fraction of sp³-hybridized carbons (Fsp3) is 0.294. The Hall–Kier alpha value is -2.09. The Kier molecular flexibility index (Phi) is 5.82. The molecule has 7 heteroatoms. The Morgan fingerprint density at radius 1 is 1.04 bits per heavy atom. The first-order valence-electron chi connectivity index (χ1n) is 7.31. The predicted molar refractivity (Wildman–Crippen MR) is 90.8 cm³/mol. The lowest BCUT2D eigenvalue weighted by atomic mass is 10.1. The molecule has 130 valence electrons. The number of likely N-dealkylation sites (N-methyl/N-ethyl adjacent to an activating group) is 1. The zero-order chi connectivity index (χ0) is 17.7. The van der Waals surface area contributed by atoms with Crippen LogP contribution in [-0.2, 0) is 10.0 Å². The molecule has 0 aliphatic carbocycles. The number of hydrogen-bond donors (Lipinski definition) is 1. The average Bonchev–Trinajstić information content (AvgIpc) is 2.61. The van der Waals surface area contributed by atoms with Gasteiger partial charge in [0, 0.05) is 13.6 Å². The molecule has 1 unspecified atom stereocenters. The molecule has 0 saturated heterocycles. The number of hydrogen-bond acceptors (Lipinski definition) is 5. The van der Waals surface area contributed by atoms with Crippen LogP contribution in [0.15, 0.2) is 53.4 Å². The predicted octanol–water partition coefficient (Wildman–Crippen LogP) is 2.06. The van der Waals surface area contributed by atoms with E-state index in [1.807, 2.05) is 0 Å². The van der Waals surface area contributed by atoms with Gasteiger partial charge in [-0.15, -0.1) is 0 Å². The summed E-state index contributed by atoms with van der Waals surface area (Å²) in [7, 11) is 0.806. The van der Waals surface area contributed by atoms with Gasteiger partial charge in [0.2, 0.25) is 10.0 Å². The topological polar surface area (TPSA) is 76.1 Å². The molecular weight excluding hydrogens is 330 g/mol. The average molecular weight is 351 g/mol. The van der Waals surface area contributed by atoms with Crippen molar-refractivity contribution in [3.8, 4) is 11.5 Å². The smallest absolute Gasteiger partial charge is 0.242 e. The number of aliphatic hydroxyl groups is 1. The quantitative estimate of drug-likeness (QED) is 0.826. The number of methoxy groups -OCH3 is 2. The van der Waals surface area contributed by atoms with Crippen LogP contribution in [0.5, 0.6) is 11.5 Å². The first-order valence-corrected chi connectivity index (χ1v) is 8.75. The van der Waals surface area contributed by atoms with Gasteiger partial charge in [0.05, 0.1) is 25.2 Å².